The van der Waals surface area contributed by atoms with Crippen LogP contribution in [0.25, 0.3) is 0 Å². The number of aromatic nitrogens is 2. The molecule has 1 rings (SSSR count). The van der Waals surface area contributed by atoms with Gasteiger partial charge in [0.25, 0.3) is 0 Å². The smallest absolute Gasteiger partial charge is 0.226 e. The first-order chi connectivity index (χ1) is 3.93. The molecule has 0 aliphatic heterocycles. The van der Waals surface area contributed by atoms with Crippen molar-refractivity contribution in [3.05, 3.63) is 12.2 Å². The number of nitrogens with zero attached hydrogens (tertiary/aromatic N) is 2. The van der Waals surface area contributed by atoms with Crippen LogP contribution < -0.4 is 0 Å². The summed E-state index contributed by atoms with van der Waals surface area (Å²) in [5.74, 6) is 0.729. The van der Waals surface area contributed by atoms with Crippen molar-refractivity contribution in [2.75, 3.05) is 0 Å². The van der Waals surface area contributed by atoms with Gasteiger partial charge >= 0.3 is 0 Å². The molecule has 0 fully saturated rings. The summed E-state index contributed by atoms with van der Waals surface area (Å²) >= 11 is 0. The summed E-state index contributed by atoms with van der Waals surface area (Å²) in [6, 6.07) is 0. The maximum atomic E-state index is 4.71. The van der Waals surface area contributed by atoms with Crippen molar-refractivity contribution in [2.24, 2.45) is 0 Å². The van der Waals surface area contributed by atoms with Gasteiger partial charge in [0.05, 0.1) is 0 Å². The van der Waals surface area contributed by atoms with Crippen molar-refractivity contribution in [3.63, 3.8) is 0 Å². The highest BCUT2D eigenvalue weighted by molar-refractivity contribution is 4.71. The van der Waals surface area contributed by atoms with Crippen LogP contribution in [0.2, 0.25) is 0 Å². The van der Waals surface area contributed by atoms with Gasteiger partial charge in [0.15, 0.2) is 6.33 Å². The fourth-order valence-corrected chi connectivity index (χ4v) is 0.520. The Labute approximate surface area is 47.7 Å². The second-order valence-corrected chi connectivity index (χ2v) is 1.59. The maximum absolute atomic E-state index is 4.71. The summed E-state index contributed by atoms with van der Waals surface area (Å²) in [6.07, 6.45) is 3.37. The summed E-state index contributed by atoms with van der Waals surface area (Å²) < 4.78 is 4.71. The molecule has 3 nitrogen and oxygen atoms in total. The van der Waals surface area contributed by atoms with E-state index in [1.807, 2.05) is 0 Å². The highest BCUT2D eigenvalue weighted by atomic mass is 16.5. The van der Waals surface area contributed by atoms with Crippen molar-refractivity contribution in [1.82, 2.24) is 10.1 Å². The third-order valence-corrected chi connectivity index (χ3v) is 0.871. The minimum Gasteiger partial charge on any atom is -0.340 e. The third kappa shape index (κ3) is 1.05. The van der Waals surface area contributed by atoms with Crippen LogP contribution in [0.1, 0.15) is 19.2 Å². The highest BCUT2D eigenvalue weighted by Gasteiger charge is 1.92. The van der Waals surface area contributed by atoms with E-state index in [4.69, 9.17) is 4.52 Å². The molecular weight excluding hydrogens is 104 g/mol. The zero-order chi connectivity index (χ0) is 5.82. The zero-order valence-electron chi connectivity index (χ0n) is 4.79. The molecule has 44 valence electrons. The summed E-state index contributed by atoms with van der Waals surface area (Å²) in [5, 5.41) is 3.45. The van der Waals surface area contributed by atoms with Crippen LogP contribution in [-0.2, 0) is 6.42 Å². The standard InChI is InChI=1S/C5H8N2O/c1-2-3-5-6-4-7-8-5/h4H,2-3H2,1H3. The van der Waals surface area contributed by atoms with E-state index >= 15 is 0 Å². The fraction of sp³-hybridized carbons (Fsp3) is 0.600. The number of hydrogen-bond acceptors (Lipinski definition) is 3. The first-order valence-corrected chi connectivity index (χ1v) is 2.69. The first-order valence-electron chi connectivity index (χ1n) is 2.69. The molecule has 0 saturated carbocycles. The predicted octanol–water partition coefficient (Wildman–Crippen LogP) is 1.02. The quantitative estimate of drug-likeness (QED) is 0.573. The molecular formula is C5H8N2O. The Morgan fingerprint density at radius 2 is 2.62 bits per heavy atom. The monoisotopic (exact) mass is 112 g/mol. The molecule has 0 saturated heterocycles. The molecule has 0 radical (unpaired) electrons. The van der Waals surface area contributed by atoms with Crippen LogP contribution in [0.5, 0.6) is 0 Å². The maximum Gasteiger partial charge on any atom is 0.226 e. The molecule has 1 heterocycles. The lowest BCUT2D eigenvalue weighted by molar-refractivity contribution is 0.376. The second kappa shape index (κ2) is 2.45. The lowest BCUT2D eigenvalue weighted by Gasteiger charge is -1.81. The minimum atomic E-state index is 0.729. The van der Waals surface area contributed by atoms with Gasteiger partial charge in [-0.25, -0.2) is 0 Å². The van der Waals surface area contributed by atoms with E-state index in [0.29, 0.717) is 0 Å². The van der Waals surface area contributed by atoms with E-state index in [1.54, 1.807) is 0 Å². The molecule has 0 bridgehead atoms. The average molecular weight is 112 g/mol. The third-order valence-electron chi connectivity index (χ3n) is 0.871. The lowest BCUT2D eigenvalue weighted by Crippen LogP contribution is -1.79. The Kier molecular flexibility index (Phi) is 1.62. The molecule has 0 unspecified atom stereocenters. The minimum absolute atomic E-state index is 0.729. The summed E-state index contributed by atoms with van der Waals surface area (Å²) in [7, 11) is 0. The number of aryl methyl sites for hydroxylation is 1. The van der Waals surface area contributed by atoms with Crippen molar-refractivity contribution in [3.8, 4) is 0 Å². The largest absolute Gasteiger partial charge is 0.340 e. The molecule has 8 heavy (non-hydrogen) atoms. The molecule has 0 aliphatic carbocycles. The molecule has 1 aromatic rings. The van der Waals surface area contributed by atoms with E-state index in [9.17, 15) is 0 Å². The van der Waals surface area contributed by atoms with Crippen LogP contribution in [0.15, 0.2) is 10.9 Å². The van der Waals surface area contributed by atoms with E-state index in [0.717, 1.165) is 18.7 Å². The van der Waals surface area contributed by atoms with Gasteiger partial charge in [-0.05, 0) is 6.42 Å². The van der Waals surface area contributed by atoms with E-state index < -0.39 is 0 Å². The average Bonchev–Trinajstić information content (AvgIpc) is 2.19. The van der Waals surface area contributed by atoms with Gasteiger partial charge in [-0.2, -0.15) is 4.98 Å². The Hall–Kier alpha value is -0.860. The molecule has 0 N–H and O–H groups in total. The van der Waals surface area contributed by atoms with Gasteiger partial charge in [-0.3, -0.25) is 0 Å². The van der Waals surface area contributed by atoms with Gasteiger partial charge in [-0.15, -0.1) is 0 Å². The number of hydrogen-bond donors (Lipinski definition) is 0. The zero-order valence-corrected chi connectivity index (χ0v) is 4.79. The predicted molar refractivity (Wildman–Crippen MR) is 28.3 cm³/mol. The molecule has 3 heteroatoms. The molecule has 0 aromatic carbocycles. The SMILES string of the molecule is CCCc1ncno1. The Bertz CT molecular complexity index is 136. The van der Waals surface area contributed by atoms with Crippen LogP contribution >= 0.6 is 0 Å². The lowest BCUT2D eigenvalue weighted by atomic mass is 10.3. The molecule has 0 spiro atoms. The fourth-order valence-electron chi connectivity index (χ4n) is 0.520. The normalized spacial score (nSPS) is 9.62. The van der Waals surface area contributed by atoms with E-state index in [1.165, 1.54) is 6.33 Å². The summed E-state index contributed by atoms with van der Waals surface area (Å²) in [6.45, 7) is 2.07. The van der Waals surface area contributed by atoms with Gasteiger partial charge in [0.2, 0.25) is 5.89 Å². The summed E-state index contributed by atoms with van der Waals surface area (Å²) in [4.78, 5) is 3.83. The van der Waals surface area contributed by atoms with Crippen molar-refractivity contribution in [1.29, 1.82) is 0 Å². The van der Waals surface area contributed by atoms with Gasteiger partial charge in [-0.1, -0.05) is 12.1 Å². The van der Waals surface area contributed by atoms with Gasteiger partial charge in [0.1, 0.15) is 0 Å². The summed E-state index contributed by atoms with van der Waals surface area (Å²) in [5.41, 5.74) is 0. The highest BCUT2D eigenvalue weighted by Crippen LogP contribution is 1.93. The van der Waals surface area contributed by atoms with Crippen molar-refractivity contribution < 1.29 is 4.52 Å². The molecule has 1 aromatic heterocycles. The van der Waals surface area contributed by atoms with Crippen LogP contribution in [0, 0.1) is 0 Å². The Morgan fingerprint density at radius 3 is 3.12 bits per heavy atom. The van der Waals surface area contributed by atoms with Crippen LogP contribution in [0.3, 0.4) is 0 Å². The number of rotatable bonds is 2. The Morgan fingerprint density at radius 1 is 1.75 bits per heavy atom. The van der Waals surface area contributed by atoms with Crippen molar-refractivity contribution in [2.45, 2.75) is 19.8 Å². The van der Waals surface area contributed by atoms with E-state index in [2.05, 4.69) is 17.1 Å². The van der Waals surface area contributed by atoms with Crippen LogP contribution in [-0.4, -0.2) is 10.1 Å². The van der Waals surface area contributed by atoms with E-state index in [-0.39, 0.29) is 0 Å². The Balaban J connectivity index is 2.50. The molecule has 0 amide bonds. The topological polar surface area (TPSA) is 38.9 Å². The first kappa shape index (κ1) is 5.28. The molecule has 0 atom stereocenters. The van der Waals surface area contributed by atoms with Gasteiger partial charge < -0.3 is 4.52 Å². The second-order valence-electron chi connectivity index (χ2n) is 1.59. The van der Waals surface area contributed by atoms with Gasteiger partial charge in [0, 0.05) is 6.42 Å². The molecule has 0 aliphatic rings. The van der Waals surface area contributed by atoms with Crippen molar-refractivity contribution >= 4 is 0 Å². The van der Waals surface area contributed by atoms with Crippen LogP contribution in [0.4, 0.5) is 0 Å².